The summed E-state index contributed by atoms with van der Waals surface area (Å²) in [7, 11) is 0. The number of halogens is 1. The number of amides is 2. The lowest BCUT2D eigenvalue weighted by Crippen LogP contribution is -2.28. The molecule has 0 aliphatic heterocycles. The van der Waals surface area contributed by atoms with Gasteiger partial charge in [0.25, 0.3) is 5.91 Å². The molecular formula is C16H16FN3O3. The summed E-state index contributed by atoms with van der Waals surface area (Å²) in [6.07, 6.45) is 3.92. The molecule has 1 aromatic carbocycles. The van der Waals surface area contributed by atoms with E-state index in [9.17, 15) is 14.0 Å². The van der Waals surface area contributed by atoms with Crippen LogP contribution >= 0.6 is 0 Å². The maximum Gasteiger partial charge on any atom is 0.302 e. The van der Waals surface area contributed by atoms with Crippen molar-refractivity contribution in [3.63, 3.8) is 0 Å². The monoisotopic (exact) mass is 317 g/mol. The Bertz CT molecular complexity index is 753. The van der Waals surface area contributed by atoms with Crippen molar-refractivity contribution in [1.82, 2.24) is 4.98 Å². The lowest BCUT2D eigenvalue weighted by Gasteiger charge is -2.22. The molecule has 1 fully saturated rings. The van der Waals surface area contributed by atoms with Crippen LogP contribution in [0.15, 0.2) is 28.9 Å². The van der Waals surface area contributed by atoms with Crippen LogP contribution in [0.4, 0.5) is 16.1 Å². The van der Waals surface area contributed by atoms with Gasteiger partial charge in [-0.25, -0.2) is 4.39 Å². The molecule has 2 amide bonds. The minimum absolute atomic E-state index is 0.00490. The van der Waals surface area contributed by atoms with Crippen molar-refractivity contribution in [2.45, 2.75) is 26.2 Å². The highest BCUT2D eigenvalue weighted by Gasteiger charge is 2.26. The zero-order valence-corrected chi connectivity index (χ0v) is 12.6. The van der Waals surface area contributed by atoms with E-state index < -0.39 is 11.7 Å². The number of aryl methyl sites for hydroxylation is 1. The van der Waals surface area contributed by atoms with Crippen LogP contribution in [-0.4, -0.2) is 16.8 Å². The Labute approximate surface area is 132 Å². The van der Waals surface area contributed by atoms with Crippen molar-refractivity contribution in [1.29, 1.82) is 0 Å². The fourth-order valence-electron chi connectivity index (χ4n) is 2.18. The third kappa shape index (κ3) is 3.39. The quantitative estimate of drug-likeness (QED) is 0.907. The van der Waals surface area contributed by atoms with E-state index in [2.05, 4.69) is 15.6 Å². The molecule has 0 bridgehead atoms. The zero-order chi connectivity index (χ0) is 16.4. The van der Waals surface area contributed by atoms with E-state index in [1.165, 1.54) is 6.07 Å². The number of oxazole rings is 1. The van der Waals surface area contributed by atoms with Gasteiger partial charge in [0.05, 0.1) is 0 Å². The molecule has 23 heavy (non-hydrogen) atoms. The van der Waals surface area contributed by atoms with Crippen LogP contribution in [0, 0.1) is 18.7 Å². The predicted octanol–water partition coefficient (Wildman–Crippen LogP) is 3.11. The van der Waals surface area contributed by atoms with Gasteiger partial charge in [0.15, 0.2) is 5.69 Å². The fourth-order valence-corrected chi connectivity index (χ4v) is 2.18. The Kier molecular flexibility index (Phi) is 4.10. The number of anilines is 2. The van der Waals surface area contributed by atoms with Crippen molar-refractivity contribution >= 4 is 23.5 Å². The van der Waals surface area contributed by atoms with Gasteiger partial charge in [-0.3, -0.25) is 14.9 Å². The van der Waals surface area contributed by atoms with Gasteiger partial charge in [-0.2, -0.15) is 4.98 Å². The first-order valence-electron chi connectivity index (χ1n) is 7.37. The largest absolute Gasteiger partial charge is 0.431 e. The highest BCUT2D eigenvalue weighted by molar-refractivity contribution is 6.03. The van der Waals surface area contributed by atoms with Crippen LogP contribution in [-0.2, 0) is 4.79 Å². The molecule has 3 rings (SSSR count). The summed E-state index contributed by atoms with van der Waals surface area (Å²) in [6, 6.07) is 4.38. The van der Waals surface area contributed by atoms with Crippen molar-refractivity contribution in [3.8, 4) is 0 Å². The number of rotatable bonds is 4. The highest BCUT2D eigenvalue weighted by Crippen LogP contribution is 2.27. The van der Waals surface area contributed by atoms with Gasteiger partial charge in [-0.1, -0.05) is 12.5 Å². The molecule has 6 nitrogen and oxygen atoms in total. The standard InChI is InChI=1S/C16H16FN3O3/c1-9-5-6-11(7-12(9)17)18-15(22)13-8-23-16(19-13)20-14(21)10-3-2-4-10/h5-8,10H,2-4H2,1H3,(H,18,22)(H,19,20,21). The van der Waals surface area contributed by atoms with Gasteiger partial charge in [-0.05, 0) is 37.5 Å². The first-order chi connectivity index (χ1) is 11.0. The lowest BCUT2D eigenvalue weighted by atomic mass is 9.85. The second-order valence-corrected chi connectivity index (χ2v) is 5.57. The van der Waals surface area contributed by atoms with E-state index >= 15 is 0 Å². The maximum absolute atomic E-state index is 13.5. The number of carbonyl (C=O) groups is 2. The van der Waals surface area contributed by atoms with Crippen molar-refractivity contribution < 1.29 is 18.4 Å². The molecule has 0 radical (unpaired) electrons. The van der Waals surface area contributed by atoms with Gasteiger partial charge in [-0.15, -0.1) is 0 Å². The summed E-state index contributed by atoms with van der Waals surface area (Å²) in [5, 5.41) is 5.07. The molecule has 0 atom stereocenters. The average molecular weight is 317 g/mol. The van der Waals surface area contributed by atoms with Crippen molar-refractivity contribution in [2.75, 3.05) is 10.6 Å². The minimum atomic E-state index is -0.541. The topological polar surface area (TPSA) is 84.2 Å². The van der Waals surface area contributed by atoms with Gasteiger partial charge in [0, 0.05) is 11.6 Å². The van der Waals surface area contributed by atoms with Gasteiger partial charge < -0.3 is 9.73 Å². The first-order valence-corrected chi connectivity index (χ1v) is 7.37. The third-order valence-electron chi connectivity index (χ3n) is 3.87. The zero-order valence-electron chi connectivity index (χ0n) is 12.6. The van der Waals surface area contributed by atoms with E-state index in [4.69, 9.17) is 4.42 Å². The number of nitrogens with zero attached hydrogens (tertiary/aromatic N) is 1. The molecule has 1 saturated carbocycles. The number of nitrogens with one attached hydrogen (secondary N) is 2. The lowest BCUT2D eigenvalue weighted by molar-refractivity contribution is -0.122. The average Bonchev–Trinajstić information content (AvgIpc) is 2.89. The van der Waals surface area contributed by atoms with Crippen LogP contribution in [0.2, 0.25) is 0 Å². The summed E-state index contributed by atoms with van der Waals surface area (Å²) in [5.74, 6) is -1.10. The molecule has 1 aliphatic carbocycles. The second kappa shape index (κ2) is 6.20. The highest BCUT2D eigenvalue weighted by atomic mass is 19.1. The van der Waals surface area contributed by atoms with Crippen LogP contribution in [0.1, 0.15) is 35.3 Å². The molecule has 7 heteroatoms. The van der Waals surface area contributed by atoms with Crippen LogP contribution < -0.4 is 10.6 Å². The molecule has 1 aromatic heterocycles. The summed E-state index contributed by atoms with van der Waals surface area (Å²) < 4.78 is 18.5. The Morgan fingerprint density at radius 2 is 2.09 bits per heavy atom. The van der Waals surface area contributed by atoms with Gasteiger partial charge >= 0.3 is 6.01 Å². The number of hydrogen-bond acceptors (Lipinski definition) is 4. The predicted molar refractivity (Wildman–Crippen MR) is 81.6 cm³/mol. The summed E-state index contributed by atoms with van der Waals surface area (Å²) in [4.78, 5) is 27.7. The summed E-state index contributed by atoms with van der Waals surface area (Å²) >= 11 is 0. The molecule has 1 heterocycles. The summed E-state index contributed by atoms with van der Waals surface area (Å²) in [6.45, 7) is 1.63. The molecule has 0 spiro atoms. The van der Waals surface area contributed by atoms with E-state index in [0.717, 1.165) is 25.5 Å². The number of benzene rings is 1. The molecule has 120 valence electrons. The minimum Gasteiger partial charge on any atom is -0.431 e. The van der Waals surface area contributed by atoms with Crippen LogP contribution in [0.3, 0.4) is 0 Å². The van der Waals surface area contributed by atoms with E-state index in [-0.39, 0.29) is 23.5 Å². The normalized spacial score (nSPS) is 14.2. The second-order valence-electron chi connectivity index (χ2n) is 5.57. The van der Waals surface area contributed by atoms with Crippen molar-refractivity contribution in [2.24, 2.45) is 5.92 Å². The van der Waals surface area contributed by atoms with E-state index in [0.29, 0.717) is 11.3 Å². The van der Waals surface area contributed by atoms with Crippen molar-refractivity contribution in [3.05, 3.63) is 41.5 Å². The molecule has 1 aliphatic rings. The SMILES string of the molecule is Cc1ccc(NC(=O)c2coc(NC(=O)C3CCC3)n2)cc1F. The Balaban J connectivity index is 1.63. The van der Waals surface area contributed by atoms with E-state index in [1.807, 2.05) is 0 Å². The summed E-state index contributed by atoms with van der Waals surface area (Å²) in [5.41, 5.74) is 0.821. The number of carbonyl (C=O) groups excluding carboxylic acids is 2. The van der Waals surface area contributed by atoms with Crippen LogP contribution in [0.5, 0.6) is 0 Å². The first kappa shape index (κ1) is 15.2. The van der Waals surface area contributed by atoms with Gasteiger partial charge in [0.1, 0.15) is 12.1 Å². The Hall–Kier alpha value is -2.70. The molecule has 0 saturated heterocycles. The van der Waals surface area contributed by atoms with E-state index in [1.54, 1.807) is 19.1 Å². The molecule has 2 N–H and O–H groups in total. The smallest absolute Gasteiger partial charge is 0.302 e. The molecule has 2 aromatic rings. The fraction of sp³-hybridized carbons (Fsp3) is 0.312. The van der Waals surface area contributed by atoms with Gasteiger partial charge in [0.2, 0.25) is 5.91 Å². The molecular weight excluding hydrogens is 301 g/mol. The Morgan fingerprint density at radius 3 is 2.74 bits per heavy atom. The molecule has 0 unspecified atom stereocenters. The maximum atomic E-state index is 13.5. The third-order valence-corrected chi connectivity index (χ3v) is 3.87. The van der Waals surface area contributed by atoms with Crippen LogP contribution in [0.25, 0.3) is 0 Å². The Morgan fingerprint density at radius 1 is 1.30 bits per heavy atom. The number of hydrogen-bond donors (Lipinski definition) is 2. The number of aromatic nitrogens is 1.